The van der Waals surface area contributed by atoms with Gasteiger partial charge in [0.25, 0.3) is 0 Å². The Bertz CT molecular complexity index is 564. The molecule has 0 saturated carbocycles. The van der Waals surface area contributed by atoms with Crippen molar-refractivity contribution in [3.05, 3.63) is 65.5 Å². The van der Waals surface area contributed by atoms with Crippen LogP contribution in [0.1, 0.15) is 24.0 Å². The van der Waals surface area contributed by atoms with Crippen LogP contribution in [0.5, 0.6) is 0 Å². The van der Waals surface area contributed by atoms with E-state index in [1.54, 1.807) is 12.1 Å². The summed E-state index contributed by atoms with van der Waals surface area (Å²) in [6, 6.07) is 15.5. The van der Waals surface area contributed by atoms with Crippen molar-refractivity contribution in [3.63, 3.8) is 0 Å². The van der Waals surface area contributed by atoms with Crippen molar-refractivity contribution < 1.29 is 4.39 Å². The van der Waals surface area contributed by atoms with E-state index in [2.05, 4.69) is 11.0 Å². The second-order valence-electron chi connectivity index (χ2n) is 5.85. The quantitative estimate of drug-likeness (QED) is 0.862. The highest BCUT2D eigenvalue weighted by molar-refractivity contribution is 5.85. The van der Waals surface area contributed by atoms with E-state index < -0.39 is 0 Å². The number of nitrogens with two attached hydrogens (primary N) is 1. The van der Waals surface area contributed by atoms with Crippen LogP contribution in [0.4, 0.5) is 10.1 Å². The summed E-state index contributed by atoms with van der Waals surface area (Å²) in [6.07, 6.45) is 3.31. The average Bonchev–Trinajstić information content (AvgIpc) is 2.86. The van der Waals surface area contributed by atoms with Crippen molar-refractivity contribution in [1.29, 1.82) is 0 Å². The molecule has 4 heteroatoms. The third-order valence-electron chi connectivity index (χ3n) is 4.20. The molecule has 0 spiro atoms. The number of benzene rings is 2. The van der Waals surface area contributed by atoms with Crippen LogP contribution >= 0.6 is 12.4 Å². The maximum atomic E-state index is 13.3. The van der Waals surface area contributed by atoms with Crippen molar-refractivity contribution in [2.75, 3.05) is 12.3 Å². The summed E-state index contributed by atoms with van der Waals surface area (Å²) in [5.41, 5.74) is 8.99. The second kappa shape index (κ2) is 7.61. The number of likely N-dealkylation sites (tertiary alicyclic amines) is 1. The molecule has 1 fully saturated rings. The zero-order valence-corrected chi connectivity index (χ0v) is 13.4. The Morgan fingerprint density at radius 3 is 2.64 bits per heavy atom. The van der Waals surface area contributed by atoms with Gasteiger partial charge in [-0.25, -0.2) is 4.39 Å². The lowest BCUT2D eigenvalue weighted by atomic mass is 10.0. The molecule has 1 aliphatic rings. The van der Waals surface area contributed by atoms with Gasteiger partial charge in [-0.2, -0.15) is 0 Å². The maximum Gasteiger partial charge on any atom is 0.123 e. The minimum Gasteiger partial charge on any atom is -0.399 e. The number of hydrogen-bond acceptors (Lipinski definition) is 2. The zero-order chi connectivity index (χ0) is 14.7. The topological polar surface area (TPSA) is 29.3 Å². The van der Waals surface area contributed by atoms with Gasteiger partial charge in [-0.05, 0) is 61.2 Å². The summed E-state index contributed by atoms with van der Waals surface area (Å²) < 4.78 is 13.3. The third kappa shape index (κ3) is 4.21. The first-order chi connectivity index (χ1) is 10.2. The molecule has 1 heterocycles. The highest BCUT2D eigenvalue weighted by Gasteiger charge is 2.24. The monoisotopic (exact) mass is 320 g/mol. The fourth-order valence-corrected chi connectivity index (χ4v) is 3.20. The van der Waals surface area contributed by atoms with Gasteiger partial charge in [0.1, 0.15) is 5.82 Å². The average molecular weight is 321 g/mol. The molecule has 1 saturated heterocycles. The van der Waals surface area contributed by atoms with Crippen molar-refractivity contribution >= 4 is 18.1 Å². The molecular weight excluding hydrogens is 299 g/mol. The lowest BCUT2D eigenvalue weighted by molar-refractivity contribution is 0.244. The Balaban J connectivity index is 0.00000176. The van der Waals surface area contributed by atoms with Gasteiger partial charge in [0.15, 0.2) is 0 Å². The Labute approximate surface area is 137 Å². The molecule has 2 aromatic carbocycles. The van der Waals surface area contributed by atoms with Crippen LogP contribution in [-0.2, 0) is 13.0 Å². The summed E-state index contributed by atoms with van der Waals surface area (Å²) in [4.78, 5) is 2.49. The molecule has 0 amide bonds. The van der Waals surface area contributed by atoms with E-state index in [1.807, 2.05) is 24.3 Å². The molecule has 0 radical (unpaired) electrons. The predicted molar refractivity (Wildman–Crippen MR) is 91.6 cm³/mol. The number of rotatable bonds is 4. The fraction of sp³-hybridized carbons (Fsp3) is 0.333. The molecule has 3 rings (SSSR count). The van der Waals surface area contributed by atoms with E-state index in [1.165, 1.54) is 24.5 Å². The number of nitrogens with zero attached hydrogens (tertiary/aromatic N) is 1. The number of halogens is 2. The minimum absolute atomic E-state index is 0. The first-order valence-corrected chi connectivity index (χ1v) is 7.53. The fourth-order valence-electron chi connectivity index (χ4n) is 3.20. The van der Waals surface area contributed by atoms with Crippen molar-refractivity contribution in [1.82, 2.24) is 4.90 Å². The third-order valence-corrected chi connectivity index (χ3v) is 4.20. The first kappa shape index (κ1) is 16.8. The van der Waals surface area contributed by atoms with Crippen LogP contribution in [0.2, 0.25) is 0 Å². The van der Waals surface area contributed by atoms with Gasteiger partial charge in [-0.1, -0.05) is 24.3 Å². The molecule has 2 aromatic rings. The molecule has 2 N–H and O–H groups in total. The molecule has 0 bridgehead atoms. The lowest BCUT2D eigenvalue weighted by Crippen LogP contribution is -2.30. The largest absolute Gasteiger partial charge is 0.399 e. The number of hydrogen-bond donors (Lipinski definition) is 1. The molecule has 0 aliphatic carbocycles. The molecule has 118 valence electrons. The molecule has 1 aliphatic heterocycles. The first-order valence-electron chi connectivity index (χ1n) is 7.53. The van der Waals surface area contributed by atoms with Crippen molar-refractivity contribution in [2.45, 2.75) is 31.8 Å². The summed E-state index contributed by atoms with van der Waals surface area (Å²) >= 11 is 0. The van der Waals surface area contributed by atoms with Crippen LogP contribution < -0.4 is 5.73 Å². The van der Waals surface area contributed by atoms with Gasteiger partial charge in [0, 0.05) is 18.3 Å². The molecule has 1 atom stereocenters. The zero-order valence-electron chi connectivity index (χ0n) is 12.5. The standard InChI is InChI=1S/C18H21FN2.ClH/c19-16-6-1-4-14(10-16)12-18-8-3-9-21(18)13-15-5-2-7-17(20)11-15;/h1-2,4-7,10-11,18H,3,8-9,12-13,20H2;1H. The summed E-state index contributed by atoms with van der Waals surface area (Å²) in [7, 11) is 0. The van der Waals surface area contributed by atoms with Crippen molar-refractivity contribution in [2.24, 2.45) is 0 Å². The van der Waals surface area contributed by atoms with Gasteiger partial charge in [0.2, 0.25) is 0 Å². The Morgan fingerprint density at radius 1 is 1.09 bits per heavy atom. The SMILES string of the molecule is Cl.Nc1cccc(CN2CCCC2Cc2cccc(F)c2)c1. The maximum absolute atomic E-state index is 13.3. The molecule has 0 aromatic heterocycles. The van der Waals surface area contributed by atoms with Gasteiger partial charge < -0.3 is 5.73 Å². The number of anilines is 1. The Morgan fingerprint density at radius 2 is 1.86 bits per heavy atom. The summed E-state index contributed by atoms with van der Waals surface area (Å²) in [6.45, 7) is 2.03. The number of nitrogen functional groups attached to an aromatic ring is 1. The van der Waals surface area contributed by atoms with Crippen LogP contribution in [-0.4, -0.2) is 17.5 Å². The molecule has 2 nitrogen and oxygen atoms in total. The van der Waals surface area contributed by atoms with E-state index >= 15 is 0 Å². The van der Waals surface area contributed by atoms with Crippen molar-refractivity contribution in [3.8, 4) is 0 Å². The molecular formula is C18H22ClFN2. The van der Waals surface area contributed by atoms with Gasteiger partial charge in [-0.3, -0.25) is 4.90 Å². The van der Waals surface area contributed by atoms with E-state index in [0.717, 1.165) is 30.8 Å². The summed E-state index contributed by atoms with van der Waals surface area (Å²) in [5, 5.41) is 0. The molecule has 1 unspecified atom stereocenters. The highest BCUT2D eigenvalue weighted by atomic mass is 35.5. The Kier molecular flexibility index (Phi) is 5.81. The van der Waals surface area contributed by atoms with Gasteiger partial charge in [0.05, 0.1) is 0 Å². The molecule has 22 heavy (non-hydrogen) atoms. The van der Waals surface area contributed by atoms with E-state index in [-0.39, 0.29) is 18.2 Å². The highest BCUT2D eigenvalue weighted by Crippen LogP contribution is 2.24. The normalized spacial score (nSPS) is 18.1. The Hall–Kier alpha value is -1.58. The van der Waals surface area contributed by atoms with Crippen LogP contribution in [0.15, 0.2) is 48.5 Å². The summed E-state index contributed by atoms with van der Waals surface area (Å²) in [5.74, 6) is -0.145. The van der Waals surface area contributed by atoms with Gasteiger partial charge >= 0.3 is 0 Å². The van der Waals surface area contributed by atoms with Crippen LogP contribution in [0.25, 0.3) is 0 Å². The van der Waals surface area contributed by atoms with E-state index in [4.69, 9.17) is 5.73 Å². The van der Waals surface area contributed by atoms with Crippen LogP contribution in [0, 0.1) is 5.82 Å². The van der Waals surface area contributed by atoms with E-state index in [9.17, 15) is 4.39 Å². The van der Waals surface area contributed by atoms with E-state index in [0.29, 0.717) is 6.04 Å². The van der Waals surface area contributed by atoms with Crippen LogP contribution in [0.3, 0.4) is 0 Å². The second-order valence-corrected chi connectivity index (χ2v) is 5.85. The predicted octanol–water partition coefficient (Wildman–Crippen LogP) is 4.04. The smallest absolute Gasteiger partial charge is 0.123 e. The minimum atomic E-state index is -0.145. The lowest BCUT2D eigenvalue weighted by Gasteiger charge is -2.24. The van der Waals surface area contributed by atoms with Gasteiger partial charge in [-0.15, -0.1) is 12.4 Å².